The molecule has 0 aliphatic carbocycles. The molecule has 2 rings (SSSR count). The van der Waals surface area contributed by atoms with Crippen LogP contribution in [0, 0.1) is 0 Å². The lowest BCUT2D eigenvalue weighted by Gasteiger charge is -2.26. The monoisotopic (exact) mass is 296 g/mol. The van der Waals surface area contributed by atoms with Gasteiger partial charge < -0.3 is 5.73 Å². The van der Waals surface area contributed by atoms with Crippen molar-refractivity contribution in [2.75, 3.05) is 19.6 Å². The van der Waals surface area contributed by atoms with Gasteiger partial charge in [-0.15, -0.1) is 0 Å². The van der Waals surface area contributed by atoms with Gasteiger partial charge in [0.2, 0.25) is 0 Å². The maximum atomic E-state index is 12.5. The van der Waals surface area contributed by atoms with Gasteiger partial charge in [-0.3, -0.25) is 4.90 Å². The Hall–Kier alpha value is -1.59. The third-order valence-electron chi connectivity index (χ3n) is 3.53. The van der Waals surface area contributed by atoms with E-state index in [1.165, 1.54) is 4.90 Å². The molecular formula is C16H19F3N2. The minimum Gasteiger partial charge on any atom is -0.323 e. The highest BCUT2D eigenvalue weighted by Crippen LogP contribution is 2.24. The van der Waals surface area contributed by atoms with Crippen LogP contribution in [0.5, 0.6) is 0 Å². The maximum absolute atomic E-state index is 12.5. The van der Waals surface area contributed by atoms with Crippen molar-refractivity contribution in [2.45, 2.75) is 19.1 Å². The number of likely N-dealkylation sites (N-methyl/N-ethyl adjacent to an activating group) is 1. The molecule has 0 fully saturated rings. The van der Waals surface area contributed by atoms with Crippen molar-refractivity contribution < 1.29 is 13.2 Å². The van der Waals surface area contributed by atoms with Gasteiger partial charge in [-0.2, -0.15) is 13.2 Å². The molecule has 0 amide bonds. The fraction of sp³-hybridized carbons (Fsp3) is 0.375. The molecule has 0 aromatic heterocycles. The van der Waals surface area contributed by atoms with Gasteiger partial charge in [-0.1, -0.05) is 49.4 Å². The van der Waals surface area contributed by atoms with Crippen LogP contribution < -0.4 is 5.73 Å². The van der Waals surface area contributed by atoms with Crippen LogP contribution in [0.4, 0.5) is 13.2 Å². The summed E-state index contributed by atoms with van der Waals surface area (Å²) in [5, 5.41) is 2.04. The zero-order chi connectivity index (χ0) is 15.5. The van der Waals surface area contributed by atoms with Crippen molar-refractivity contribution >= 4 is 10.8 Å². The van der Waals surface area contributed by atoms with Crippen molar-refractivity contribution in [3.63, 3.8) is 0 Å². The molecular weight excluding hydrogens is 277 g/mol. The van der Waals surface area contributed by atoms with Gasteiger partial charge in [-0.05, 0) is 22.9 Å². The second-order valence-corrected chi connectivity index (χ2v) is 5.12. The van der Waals surface area contributed by atoms with Crippen LogP contribution in [-0.4, -0.2) is 30.7 Å². The Morgan fingerprint density at radius 2 is 1.76 bits per heavy atom. The number of hydrogen-bond acceptors (Lipinski definition) is 2. The number of nitrogens with zero attached hydrogens (tertiary/aromatic N) is 1. The Kier molecular flexibility index (Phi) is 4.85. The number of benzene rings is 2. The zero-order valence-corrected chi connectivity index (χ0v) is 11.9. The highest BCUT2D eigenvalue weighted by molar-refractivity contribution is 5.86. The molecule has 1 atom stereocenters. The number of halogens is 3. The lowest BCUT2D eigenvalue weighted by molar-refractivity contribution is -0.145. The second-order valence-electron chi connectivity index (χ2n) is 5.12. The normalized spacial score (nSPS) is 13.8. The van der Waals surface area contributed by atoms with Crippen molar-refractivity contribution in [3.8, 4) is 0 Å². The van der Waals surface area contributed by atoms with E-state index in [2.05, 4.69) is 0 Å². The number of fused-ring (bicyclic) bond motifs is 1. The number of alkyl halides is 3. The Labute approximate surface area is 122 Å². The first-order chi connectivity index (χ1) is 9.90. The molecule has 0 radical (unpaired) electrons. The van der Waals surface area contributed by atoms with E-state index in [0.717, 1.165) is 16.3 Å². The fourth-order valence-corrected chi connectivity index (χ4v) is 2.51. The van der Waals surface area contributed by atoms with Crippen molar-refractivity contribution in [3.05, 3.63) is 48.0 Å². The molecule has 2 N–H and O–H groups in total. The quantitative estimate of drug-likeness (QED) is 0.911. The van der Waals surface area contributed by atoms with Crippen LogP contribution in [0.25, 0.3) is 10.8 Å². The molecule has 5 heteroatoms. The third kappa shape index (κ3) is 4.19. The fourth-order valence-electron chi connectivity index (χ4n) is 2.51. The van der Waals surface area contributed by atoms with Crippen LogP contribution in [0.1, 0.15) is 18.5 Å². The first-order valence-corrected chi connectivity index (χ1v) is 6.93. The molecule has 0 saturated carbocycles. The van der Waals surface area contributed by atoms with Crippen LogP contribution >= 0.6 is 0 Å². The SMILES string of the molecule is CCN(CC(N)c1cccc2ccccc12)CC(F)(F)F. The van der Waals surface area contributed by atoms with Gasteiger partial charge in [0.15, 0.2) is 0 Å². The molecule has 2 nitrogen and oxygen atoms in total. The van der Waals surface area contributed by atoms with E-state index in [1.54, 1.807) is 6.92 Å². The Morgan fingerprint density at radius 1 is 1.10 bits per heavy atom. The summed E-state index contributed by atoms with van der Waals surface area (Å²) in [5.74, 6) is 0. The summed E-state index contributed by atoms with van der Waals surface area (Å²) in [5.41, 5.74) is 7.03. The summed E-state index contributed by atoms with van der Waals surface area (Å²) in [7, 11) is 0. The summed E-state index contributed by atoms with van der Waals surface area (Å²) in [6.45, 7) is 1.28. The average molecular weight is 296 g/mol. The van der Waals surface area contributed by atoms with Crippen molar-refractivity contribution in [1.82, 2.24) is 4.90 Å². The van der Waals surface area contributed by atoms with Crippen LogP contribution in [-0.2, 0) is 0 Å². The molecule has 2 aromatic rings. The molecule has 2 aromatic carbocycles. The minimum atomic E-state index is -4.20. The first-order valence-electron chi connectivity index (χ1n) is 6.93. The topological polar surface area (TPSA) is 29.3 Å². The largest absolute Gasteiger partial charge is 0.401 e. The van der Waals surface area contributed by atoms with Gasteiger partial charge in [0.25, 0.3) is 0 Å². The molecule has 0 aliphatic heterocycles. The van der Waals surface area contributed by atoms with E-state index < -0.39 is 18.8 Å². The van der Waals surface area contributed by atoms with Gasteiger partial charge in [-0.25, -0.2) is 0 Å². The number of nitrogens with two attached hydrogens (primary N) is 1. The lowest BCUT2D eigenvalue weighted by Crippen LogP contribution is -2.38. The van der Waals surface area contributed by atoms with E-state index >= 15 is 0 Å². The van der Waals surface area contributed by atoms with Gasteiger partial charge >= 0.3 is 6.18 Å². The van der Waals surface area contributed by atoms with Gasteiger partial charge in [0.1, 0.15) is 0 Å². The molecule has 0 saturated heterocycles. The summed E-state index contributed by atoms with van der Waals surface area (Å²) in [4.78, 5) is 1.33. The Bertz CT molecular complexity index is 590. The number of hydrogen-bond donors (Lipinski definition) is 1. The molecule has 0 bridgehead atoms. The standard InChI is InChI=1S/C16H19F3N2/c1-2-21(11-16(17,18)19)10-15(20)14-9-5-7-12-6-3-4-8-13(12)14/h3-9,15H,2,10-11,20H2,1H3. The molecule has 0 aliphatic rings. The summed E-state index contributed by atoms with van der Waals surface area (Å²) in [6, 6.07) is 13.1. The third-order valence-corrected chi connectivity index (χ3v) is 3.53. The lowest BCUT2D eigenvalue weighted by atomic mass is 9.99. The van der Waals surface area contributed by atoms with E-state index in [4.69, 9.17) is 5.73 Å². The highest BCUT2D eigenvalue weighted by atomic mass is 19.4. The predicted octanol–water partition coefficient (Wildman–Crippen LogP) is 3.72. The van der Waals surface area contributed by atoms with Crippen LogP contribution in [0.3, 0.4) is 0 Å². The predicted molar refractivity (Wildman–Crippen MR) is 79.0 cm³/mol. The maximum Gasteiger partial charge on any atom is 0.401 e. The summed E-state index contributed by atoms with van der Waals surface area (Å²) < 4.78 is 37.5. The molecule has 0 heterocycles. The molecule has 1 unspecified atom stereocenters. The second kappa shape index (κ2) is 6.45. The minimum absolute atomic E-state index is 0.185. The zero-order valence-electron chi connectivity index (χ0n) is 11.9. The number of rotatable bonds is 5. The van der Waals surface area contributed by atoms with Gasteiger partial charge in [0.05, 0.1) is 6.54 Å². The first kappa shape index (κ1) is 15.8. The van der Waals surface area contributed by atoms with Crippen molar-refractivity contribution in [2.24, 2.45) is 5.73 Å². The molecule has 0 spiro atoms. The smallest absolute Gasteiger partial charge is 0.323 e. The van der Waals surface area contributed by atoms with Crippen LogP contribution in [0.2, 0.25) is 0 Å². The Morgan fingerprint density at radius 3 is 2.43 bits per heavy atom. The highest BCUT2D eigenvalue weighted by Gasteiger charge is 2.30. The van der Waals surface area contributed by atoms with E-state index in [1.807, 2.05) is 42.5 Å². The summed E-state index contributed by atoms with van der Waals surface area (Å²) >= 11 is 0. The van der Waals surface area contributed by atoms with Crippen molar-refractivity contribution in [1.29, 1.82) is 0 Å². The average Bonchev–Trinajstić information content (AvgIpc) is 2.44. The Balaban J connectivity index is 2.20. The van der Waals surface area contributed by atoms with Gasteiger partial charge in [0, 0.05) is 12.6 Å². The molecule has 21 heavy (non-hydrogen) atoms. The summed E-state index contributed by atoms with van der Waals surface area (Å²) in [6.07, 6.45) is -4.20. The van der Waals surface area contributed by atoms with E-state index in [0.29, 0.717) is 6.54 Å². The van der Waals surface area contributed by atoms with E-state index in [-0.39, 0.29) is 6.54 Å². The van der Waals surface area contributed by atoms with E-state index in [9.17, 15) is 13.2 Å². The van der Waals surface area contributed by atoms with Crippen LogP contribution in [0.15, 0.2) is 42.5 Å². The molecule has 114 valence electrons.